The molecule has 1 aliphatic rings. The van der Waals surface area contributed by atoms with E-state index in [9.17, 15) is 9.59 Å². The van der Waals surface area contributed by atoms with Crippen molar-refractivity contribution in [1.82, 2.24) is 0 Å². The molecule has 3 nitrogen and oxygen atoms in total. The fourth-order valence-electron chi connectivity index (χ4n) is 2.16. The monoisotopic (exact) mass is 305 g/mol. The zero-order chi connectivity index (χ0) is 14.4. The summed E-state index contributed by atoms with van der Waals surface area (Å²) in [7, 11) is 0. The first-order valence-corrected chi connectivity index (χ1v) is 6.69. The van der Waals surface area contributed by atoms with E-state index in [0.29, 0.717) is 5.69 Å². The Kier molecular flexibility index (Phi) is 3.04. The molecule has 0 atom stereocenters. The second kappa shape index (κ2) is 4.62. The van der Waals surface area contributed by atoms with Crippen molar-refractivity contribution < 1.29 is 9.59 Å². The minimum Gasteiger partial charge on any atom is -0.268 e. The summed E-state index contributed by atoms with van der Waals surface area (Å²) >= 11 is 11.8. The molecular weight excluding hydrogens is 297 g/mol. The van der Waals surface area contributed by atoms with E-state index < -0.39 is 0 Å². The van der Waals surface area contributed by atoms with E-state index in [0.717, 1.165) is 10.5 Å². The molecule has 1 heterocycles. The van der Waals surface area contributed by atoms with Gasteiger partial charge in [0.2, 0.25) is 0 Å². The minimum atomic E-state index is -0.382. The Morgan fingerprint density at radius 2 is 1.30 bits per heavy atom. The molecule has 0 saturated heterocycles. The molecule has 5 heteroatoms. The molecule has 100 valence electrons. The zero-order valence-corrected chi connectivity index (χ0v) is 12.0. The quantitative estimate of drug-likeness (QED) is 0.744. The van der Waals surface area contributed by atoms with Gasteiger partial charge in [0.1, 0.15) is 0 Å². The molecule has 0 fully saturated rings. The van der Waals surface area contributed by atoms with Gasteiger partial charge in [-0.1, -0.05) is 40.9 Å². The van der Waals surface area contributed by atoms with Gasteiger partial charge >= 0.3 is 0 Å². The van der Waals surface area contributed by atoms with Gasteiger partial charge in [-0.15, -0.1) is 0 Å². The average Bonchev–Trinajstić information content (AvgIpc) is 2.65. The Balaban J connectivity index is 2.12. The predicted molar refractivity (Wildman–Crippen MR) is 78.8 cm³/mol. The topological polar surface area (TPSA) is 37.4 Å². The van der Waals surface area contributed by atoms with Crippen LogP contribution in [0.25, 0.3) is 0 Å². The van der Waals surface area contributed by atoms with Gasteiger partial charge < -0.3 is 0 Å². The van der Waals surface area contributed by atoms with E-state index in [2.05, 4.69) is 0 Å². The molecule has 20 heavy (non-hydrogen) atoms. The van der Waals surface area contributed by atoms with E-state index >= 15 is 0 Å². The van der Waals surface area contributed by atoms with Crippen molar-refractivity contribution in [3.63, 3.8) is 0 Å². The predicted octanol–water partition coefficient (Wildman–Crippen LogP) is 4.10. The van der Waals surface area contributed by atoms with Crippen molar-refractivity contribution in [2.75, 3.05) is 4.90 Å². The number of benzene rings is 2. The first-order chi connectivity index (χ1) is 9.49. The largest absolute Gasteiger partial charge is 0.268 e. The van der Waals surface area contributed by atoms with Gasteiger partial charge in [-0.2, -0.15) is 0 Å². The highest BCUT2D eigenvalue weighted by molar-refractivity contribution is 6.44. The van der Waals surface area contributed by atoms with Gasteiger partial charge in [-0.3, -0.25) is 9.59 Å². The summed E-state index contributed by atoms with van der Waals surface area (Å²) in [5, 5.41) is 0.523. The molecule has 0 radical (unpaired) electrons. The molecule has 0 aliphatic carbocycles. The molecule has 0 saturated carbocycles. The number of carbonyl (C=O) groups excluding carboxylic acids is 2. The molecule has 0 bridgehead atoms. The van der Waals surface area contributed by atoms with E-state index in [1.165, 1.54) is 12.1 Å². The molecule has 2 aromatic rings. The molecule has 0 N–H and O–H groups in total. The number of anilines is 1. The Hall–Kier alpha value is -1.84. The van der Waals surface area contributed by atoms with Crippen LogP contribution in [-0.2, 0) is 0 Å². The van der Waals surface area contributed by atoms with Crippen molar-refractivity contribution >= 4 is 40.7 Å². The average molecular weight is 306 g/mol. The van der Waals surface area contributed by atoms with Crippen molar-refractivity contribution in [1.29, 1.82) is 0 Å². The molecule has 2 aromatic carbocycles. The summed E-state index contributed by atoms with van der Waals surface area (Å²) in [4.78, 5) is 25.9. The SMILES string of the molecule is Cc1ccc(N2C(=O)c3cc(Cl)c(Cl)cc3C2=O)cc1. The van der Waals surface area contributed by atoms with Crippen LogP contribution in [0.3, 0.4) is 0 Å². The second-order valence-electron chi connectivity index (χ2n) is 4.59. The highest BCUT2D eigenvalue weighted by Gasteiger charge is 2.37. The van der Waals surface area contributed by atoms with Gasteiger partial charge in [0.05, 0.1) is 26.9 Å². The molecule has 0 unspecified atom stereocenters. The summed E-state index contributed by atoms with van der Waals surface area (Å²) in [5.74, 6) is -0.764. The number of amides is 2. The lowest BCUT2D eigenvalue weighted by molar-refractivity contribution is 0.0926. The number of rotatable bonds is 1. The van der Waals surface area contributed by atoms with Crippen molar-refractivity contribution in [3.05, 3.63) is 63.1 Å². The van der Waals surface area contributed by atoms with Gasteiger partial charge in [0.15, 0.2) is 0 Å². The molecule has 0 spiro atoms. The Morgan fingerprint density at radius 3 is 1.75 bits per heavy atom. The molecule has 0 aromatic heterocycles. The van der Waals surface area contributed by atoms with Crippen molar-refractivity contribution in [2.24, 2.45) is 0 Å². The fourth-order valence-corrected chi connectivity index (χ4v) is 2.49. The third-order valence-electron chi connectivity index (χ3n) is 3.22. The number of hydrogen-bond donors (Lipinski definition) is 0. The zero-order valence-electron chi connectivity index (χ0n) is 10.5. The summed E-state index contributed by atoms with van der Waals surface area (Å²) in [6.07, 6.45) is 0. The van der Waals surface area contributed by atoms with Crippen LogP contribution in [0.2, 0.25) is 10.0 Å². The third kappa shape index (κ3) is 1.90. The summed E-state index contributed by atoms with van der Waals surface area (Å²) < 4.78 is 0. The van der Waals surface area contributed by atoms with E-state index in [4.69, 9.17) is 23.2 Å². The fraction of sp³-hybridized carbons (Fsp3) is 0.0667. The Morgan fingerprint density at radius 1 is 0.850 bits per heavy atom. The Labute approximate surface area is 125 Å². The molecule has 1 aliphatic heterocycles. The highest BCUT2D eigenvalue weighted by atomic mass is 35.5. The summed E-state index contributed by atoms with van der Waals surface area (Å²) in [5.41, 5.74) is 2.15. The third-order valence-corrected chi connectivity index (χ3v) is 3.94. The van der Waals surface area contributed by atoms with Crippen LogP contribution in [0.15, 0.2) is 36.4 Å². The van der Waals surface area contributed by atoms with E-state index in [1.807, 2.05) is 19.1 Å². The Bertz CT molecular complexity index is 697. The van der Waals surface area contributed by atoms with Gasteiger partial charge in [-0.25, -0.2) is 4.90 Å². The maximum absolute atomic E-state index is 12.4. The number of nitrogens with zero attached hydrogens (tertiary/aromatic N) is 1. The van der Waals surface area contributed by atoms with Crippen LogP contribution in [0.5, 0.6) is 0 Å². The van der Waals surface area contributed by atoms with E-state index in [1.54, 1.807) is 12.1 Å². The van der Waals surface area contributed by atoms with Gasteiger partial charge in [0.25, 0.3) is 11.8 Å². The number of aryl methyl sites for hydroxylation is 1. The highest BCUT2D eigenvalue weighted by Crippen LogP contribution is 2.33. The maximum Gasteiger partial charge on any atom is 0.266 e. The minimum absolute atomic E-state index is 0.261. The normalized spacial score (nSPS) is 13.8. The van der Waals surface area contributed by atoms with Crippen LogP contribution < -0.4 is 4.90 Å². The molecular formula is C15H9Cl2NO2. The van der Waals surface area contributed by atoms with Gasteiger partial charge in [0, 0.05) is 0 Å². The smallest absolute Gasteiger partial charge is 0.266 e. The van der Waals surface area contributed by atoms with Crippen LogP contribution in [-0.4, -0.2) is 11.8 Å². The molecule has 3 rings (SSSR count). The summed E-state index contributed by atoms with van der Waals surface area (Å²) in [6, 6.07) is 10.0. The van der Waals surface area contributed by atoms with Crippen molar-refractivity contribution in [3.8, 4) is 0 Å². The van der Waals surface area contributed by atoms with Crippen molar-refractivity contribution in [2.45, 2.75) is 6.92 Å². The number of fused-ring (bicyclic) bond motifs is 1. The number of carbonyl (C=O) groups is 2. The summed E-state index contributed by atoms with van der Waals surface area (Å²) in [6.45, 7) is 1.94. The maximum atomic E-state index is 12.4. The lowest BCUT2D eigenvalue weighted by Gasteiger charge is -2.13. The first-order valence-electron chi connectivity index (χ1n) is 5.93. The first kappa shape index (κ1) is 13.2. The van der Waals surface area contributed by atoms with Gasteiger partial charge in [-0.05, 0) is 31.2 Å². The van der Waals surface area contributed by atoms with Crippen LogP contribution in [0, 0.1) is 6.92 Å². The number of halogens is 2. The van der Waals surface area contributed by atoms with Crippen LogP contribution >= 0.6 is 23.2 Å². The van der Waals surface area contributed by atoms with Crippen LogP contribution in [0.1, 0.15) is 26.3 Å². The number of hydrogen-bond acceptors (Lipinski definition) is 2. The standard InChI is InChI=1S/C15H9Cl2NO2/c1-8-2-4-9(5-3-8)18-14(19)10-6-12(16)13(17)7-11(10)15(18)20/h2-7H,1H3. The second-order valence-corrected chi connectivity index (χ2v) is 5.41. The lowest BCUT2D eigenvalue weighted by Crippen LogP contribution is -2.29. The lowest BCUT2D eigenvalue weighted by atomic mass is 10.1. The van der Waals surface area contributed by atoms with E-state index in [-0.39, 0.29) is 33.0 Å². The van der Waals surface area contributed by atoms with Crippen LogP contribution in [0.4, 0.5) is 5.69 Å². The number of imide groups is 1. The molecule has 2 amide bonds.